The molecule has 62 valence electrons. The SMILES string of the molecule is N#COc1ccc2ncccc2c1. The zero-order valence-corrected chi connectivity index (χ0v) is 6.77. The summed E-state index contributed by atoms with van der Waals surface area (Å²) < 4.78 is 4.69. The molecule has 0 spiro atoms. The van der Waals surface area contributed by atoms with Gasteiger partial charge >= 0.3 is 0 Å². The number of nitriles is 1. The number of ether oxygens (including phenoxy) is 1. The predicted octanol–water partition coefficient (Wildman–Crippen LogP) is 2.09. The van der Waals surface area contributed by atoms with Crippen LogP contribution in [0.3, 0.4) is 0 Å². The van der Waals surface area contributed by atoms with Crippen molar-refractivity contribution in [3.63, 3.8) is 0 Å². The van der Waals surface area contributed by atoms with Crippen molar-refractivity contribution in [1.82, 2.24) is 4.98 Å². The fraction of sp³-hybridized carbons (Fsp3) is 0. The van der Waals surface area contributed by atoms with Crippen molar-refractivity contribution >= 4 is 10.9 Å². The summed E-state index contributed by atoms with van der Waals surface area (Å²) in [6.45, 7) is 0. The van der Waals surface area contributed by atoms with E-state index in [4.69, 9.17) is 10.00 Å². The molecule has 0 radical (unpaired) electrons. The third kappa shape index (κ3) is 1.42. The van der Waals surface area contributed by atoms with Gasteiger partial charge in [-0.2, -0.15) is 0 Å². The largest absolute Gasteiger partial charge is 0.388 e. The monoisotopic (exact) mass is 170 g/mol. The number of hydrogen-bond acceptors (Lipinski definition) is 3. The number of nitrogens with zero attached hydrogens (tertiary/aromatic N) is 2. The smallest absolute Gasteiger partial charge is 0.292 e. The van der Waals surface area contributed by atoms with Crippen LogP contribution in [0.5, 0.6) is 5.75 Å². The van der Waals surface area contributed by atoms with E-state index in [1.54, 1.807) is 24.6 Å². The van der Waals surface area contributed by atoms with Gasteiger partial charge in [0, 0.05) is 11.6 Å². The van der Waals surface area contributed by atoms with Crippen LogP contribution < -0.4 is 4.74 Å². The van der Waals surface area contributed by atoms with Crippen molar-refractivity contribution < 1.29 is 4.74 Å². The highest BCUT2D eigenvalue weighted by Crippen LogP contribution is 2.18. The maximum atomic E-state index is 8.30. The summed E-state index contributed by atoms with van der Waals surface area (Å²) in [4.78, 5) is 4.14. The van der Waals surface area contributed by atoms with Crippen molar-refractivity contribution in [2.24, 2.45) is 0 Å². The Morgan fingerprint density at radius 2 is 2.23 bits per heavy atom. The van der Waals surface area contributed by atoms with E-state index in [0.29, 0.717) is 5.75 Å². The summed E-state index contributed by atoms with van der Waals surface area (Å²) >= 11 is 0. The van der Waals surface area contributed by atoms with Crippen LogP contribution in [0.1, 0.15) is 0 Å². The summed E-state index contributed by atoms with van der Waals surface area (Å²) in [5.41, 5.74) is 0.896. The molecule has 0 aliphatic heterocycles. The van der Waals surface area contributed by atoms with E-state index < -0.39 is 0 Å². The molecule has 0 amide bonds. The van der Waals surface area contributed by atoms with E-state index in [9.17, 15) is 0 Å². The van der Waals surface area contributed by atoms with Crippen LogP contribution in [-0.2, 0) is 0 Å². The quantitative estimate of drug-likeness (QED) is 0.615. The average molecular weight is 170 g/mol. The molecular formula is C10H6N2O. The second-order valence-electron chi connectivity index (χ2n) is 2.55. The van der Waals surface area contributed by atoms with Crippen LogP contribution in [-0.4, -0.2) is 4.98 Å². The summed E-state index contributed by atoms with van der Waals surface area (Å²) in [5.74, 6) is 0.544. The van der Waals surface area contributed by atoms with Gasteiger partial charge < -0.3 is 4.74 Å². The topological polar surface area (TPSA) is 45.9 Å². The Bertz CT molecular complexity index is 474. The number of rotatable bonds is 1. The normalized spacial score (nSPS) is 9.46. The van der Waals surface area contributed by atoms with Crippen LogP contribution in [0.2, 0.25) is 0 Å². The minimum Gasteiger partial charge on any atom is -0.388 e. The zero-order valence-electron chi connectivity index (χ0n) is 6.77. The van der Waals surface area contributed by atoms with Crippen LogP contribution in [0.4, 0.5) is 0 Å². The predicted molar refractivity (Wildman–Crippen MR) is 48.0 cm³/mol. The lowest BCUT2D eigenvalue weighted by molar-refractivity contribution is 0.508. The van der Waals surface area contributed by atoms with E-state index in [1.165, 1.54) is 0 Å². The first-order valence-electron chi connectivity index (χ1n) is 3.81. The molecule has 0 N–H and O–H groups in total. The maximum absolute atomic E-state index is 8.30. The van der Waals surface area contributed by atoms with Crippen LogP contribution in [0.15, 0.2) is 36.5 Å². The lowest BCUT2D eigenvalue weighted by Gasteiger charge is -1.98. The highest BCUT2D eigenvalue weighted by atomic mass is 16.5. The van der Waals surface area contributed by atoms with E-state index >= 15 is 0 Å². The standard InChI is InChI=1S/C10H6N2O/c11-7-13-9-3-4-10-8(6-9)2-1-5-12-10/h1-6H. The average Bonchev–Trinajstić information content (AvgIpc) is 2.18. The number of pyridine rings is 1. The molecule has 2 aromatic rings. The van der Waals surface area contributed by atoms with Gasteiger partial charge in [-0.15, -0.1) is 5.26 Å². The molecule has 0 fully saturated rings. The van der Waals surface area contributed by atoms with E-state index in [-0.39, 0.29) is 0 Å². The van der Waals surface area contributed by atoms with Gasteiger partial charge in [0.25, 0.3) is 6.26 Å². The van der Waals surface area contributed by atoms with Gasteiger partial charge in [-0.3, -0.25) is 4.98 Å². The number of fused-ring (bicyclic) bond motifs is 1. The van der Waals surface area contributed by atoms with Gasteiger partial charge in [-0.05, 0) is 24.3 Å². The molecule has 3 nitrogen and oxygen atoms in total. The van der Waals surface area contributed by atoms with Crippen molar-refractivity contribution in [2.75, 3.05) is 0 Å². The third-order valence-corrected chi connectivity index (χ3v) is 1.74. The fourth-order valence-corrected chi connectivity index (χ4v) is 1.17. The zero-order chi connectivity index (χ0) is 9.10. The van der Waals surface area contributed by atoms with Gasteiger partial charge in [-0.25, -0.2) is 0 Å². The van der Waals surface area contributed by atoms with Gasteiger partial charge in [-0.1, -0.05) is 6.07 Å². The van der Waals surface area contributed by atoms with Gasteiger partial charge in [0.1, 0.15) is 5.75 Å². The van der Waals surface area contributed by atoms with Gasteiger partial charge in [0.15, 0.2) is 0 Å². The third-order valence-electron chi connectivity index (χ3n) is 1.74. The van der Waals surface area contributed by atoms with E-state index in [1.807, 2.05) is 18.2 Å². The van der Waals surface area contributed by atoms with Crippen molar-refractivity contribution in [3.05, 3.63) is 36.5 Å². The first-order chi connectivity index (χ1) is 6.40. The number of benzene rings is 1. The number of aromatic nitrogens is 1. The minimum atomic E-state index is 0.544. The molecule has 0 aliphatic rings. The van der Waals surface area contributed by atoms with Crippen molar-refractivity contribution in [3.8, 4) is 12.0 Å². The van der Waals surface area contributed by atoms with Crippen LogP contribution >= 0.6 is 0 Å². The molecule has 13 heavy (non-hydrogen) atoms. The highest BCUT2D eigenvalue weighted by molar-refractivity contribution is 5.79. The van der Waals surface area contributed by atoms with E-state index in [0.717, 1.165) is 10.9 Å². The first kappa shape index (κ1) is 7.56. The van der Waals surface area contributed by atoms with E-state index in [2.05, 4.69) is 4.98 Å². The maximum Gasteiger partial charge on any atom is 0.292 e. The Morgan fingerprint density at radius 3 is 3.08 bits per heavy atom. The summed E-state index contributed by atoms with van der Waals surface area (Å²) in [6.07, 6.45) is 3.36. The molecule has 0 atom stereocenters. The molecule has 2 rings (SSSR count). The highest BCUT2D eigenvalue weighted by Gasteiger charge is 1.96. The molecule has 0 saturated heterocycles. The molecule has 1 aromatic heterocycles. The molecule has 0 bridgehead atoms. The Hall–Kier alpha value is -2.08. The first-order valence-corrected chi connectivity index (χ1v) is 3.81. The Kier molecular flexibility index (Phi) is 1.81. The van der Waals surface area contributed by atoms with Crippen molar-refractivity contribution in [2.45, 2.75) is 0 Å². The van der Waals surface area contributed by atoms with Crippen LogP contribution in [0, 0.1) is 11.5 Å². The molecule has 0 unspecified atom stereocenters. The minimum absolute atomic E-state index is 0.544. The summed E-state index contributed by atoms with van der Waals surface area (Å²) in [7, 11) is 0. The second-order valence-corrected chi connectivity index (χ2v) is 2.55. The van der Waals surface area contributed by atoms with Crippen molar-refractivity contribution in [1.29, 1.82) is 5.26 Å². The summed E-state index contributed by atoms with van der Waals surface area (Å²) in [6, 6.07) is 9.09. The molecule has 0 saturated carbocycles. The molecular weight excluding hydrogens is 164 g/mol. The van der Waals surface area contributed by atoms with Gasteiger partial charge in [0.2, 0.25) is 0 Å². The fourth-order valence-electron chi connectivity index (χ4n) is 1.17. The number of hydrogen-bond donors (Lipinski definition) is 0. The lowest BCUT2D eigenvalue weighted by Crippen LogP contribution is -1.82. The molecule has 1 aromatic carbocycles. The summed E-state index contributed by atoms with van der Waals surface area (Å²) in [5, 5.41) is 9.27. The molecule has 3 heteroatoms. The Labute approximate surface area is 75.2 Å². The molecule has 1 heterocycles. The van der Waals surface area contributed by atoms with Crippen LogP contribution in [0.25, 0.3) is 10.9 Å². The second kappa shape index (κ2) is 3.11. The molecule has 0 aliphatic carbocycles. The van der Waals surface area contributed by atoms with Gasteiger partial charge in [0.05, 0.1) is 5.52 Å². The Balaban J connectivity index is 2.57. The lowest BCUT2D eigenvalue weighted by atomic mass is 10.2. The Morgan fingerprint density at radius 1 is 1.31 bits per heavy atom.